The van der Waals surface area contributed by atoms with E-state index in [0.29, 0.717) is 33.2 Å². The molecule has 1 saturated heterocycles. The number of nitrogens with zero attached hydrogens (tertiary/aromatic N) is 4. The van der Waals surface area contributed by atoms with Crippen LogP contribution in [0.2, 0.25) is 0 Å². The standard InChI is InChI=1S/C29H29F3N6O4/c1-15-3-5-17(6-4-15)24(35-27(39)21-12-42-36-16(21)2)26-33-22-8-7-18(23(30)25(22)34-26)20-11-38(41)10-9-19(20)28(40)37-13-29(31,32)14-37/h7-12,15,17,24H,3-6,13-14H2,1-2H3,(H,33,34)(H,35,39). The minimum Gasteiger partial charge on any atom is -0.619 e. The van der Waals surface area contributed by atoms with Crippen molar-refractivity contribution in [1.29, 1.82) is 0 Å². The molecule has 220 valence electrons. The van der Waals surface area contributed by atoms with Gasteiger partial charge < -0.3 is 24.9 Å². The van der Waals surface area contributed by atoms with Crippen molar-refractivity contribution >= 4 is 22.8 Å². The minimum atomic E-state index is -2.98. The highest BCUT2D eigenvalue weighted by molar-refractivity contribution is 6.02. The number of nitrogens with one attached hydrogen (secondary N) is 2. The predicted octanol–water partition coefficient (Wildman–Crippen LogP) is 4.69. The van der Waals surface area contributed by atoms with Gasteiger partial charge in [0.25, 0.3) is 17.7 Å². The van der Waals surface area contributed by atoms with Gasteiger partial charge in [0.2, 0.25) is 0 Å². The van der Waals surface area contributed by atoms with E-state index in [-0.39, 0.29) is 34.0 Å². The summed E-state index contributed by atoms with van der Waals surface area (Å²) < 4.78 is 48.3. The lowest BCUT2D eigenvalue weighted by Crippen LogP contribution is -2.58. The largest absolute Gasteiger partial charge is 0.619 e. The summed E-state index contributed by atoms with van der Waals surface area (Å²) >= 11 is 0. The number of aryl methyl sites for hydroxylation is 1. The Bertz CT molecular complexity index is 1670. The van der Waals surface area contributed by atoms with Crippen LogP contribution in [-0.2, 0) is 0 Å². The molecule has 1 aliphatic carbocycles. The zero-order valence-electron chi connectivity index (χ0n) is 23.0. The maximum atomic E-state index is 16.1. The first kappa shape index (κ1) is 27.7. The Morgan fingerprint density at radius 3 is 2.57 bits per heavy atom. The molecule has 1 unspecified atom stereocenters. The van der Waals surface area contributed by atoms with Gasteiger partial charge in [-0.25, -0.2) is 18.2 Å². The predicted molar refractivity (Wildman–Crippen MR) is 144 cm³/mol. The number of hydrogen-bond donors (Lipinski definition) is 2. The molecule has 2 N–H and O–H groups in total. The number of carbonyl (C=O) groups is 2. The van der Waals surface area contributed by atoms with E-state index >= 15 is 4.39 Å². The van der Waals surface area contributed by atoms with Gasteiger partial charge in [0.15, 0.2) is 18.2 Å². The molecule has 0 spiro atoms. The lowest BCUT2D eigenvalue weighted by Gasteiger charge is -2.38. The van der Waals surface area contributed by atoms with E-state index in [2.05, 4.69) is 27.4 Å². The van der Waals surface area contributed by atoms with Crippen molar-refractivity contribution in [2.24, 2.45) is 11.8 Å². The number of aromatic amines is 1. The maximum Gasteiger partial charge on any atom is 0.282 e. The Labute approximate surface area is 238 Å². The van der Waals surface area contributed by atoms with Crippen LogP contribution in [0.15, 0.2) is 41.4 Å². The molecule has 0 radical (unpaired) electrons. The van der Waals surface area contributed by atoms with Crippen molar-refractivity contribution in [3.05, 3.63) is 70.5 Å². The number of fused-ring (bicyclic) bond motifs is 1. The fraction of sp³-hybridized carbons (Fsp3) is 0.414. The molecule has 3 aromatic heterocycles. The number of halogens is 3. The van der Waals surface area contributed by atoms with Gasteiger partial charge in [0.1, 0.15) is 23.2 Å². The molecule has 4 heterocycles. The van der Waals surface area contributed by atoms with Crippen LogP contribution in [0.3, 0.4) is 0 Å². The second-order valence-corrected chi connectivity index (χ2v) is 11.4. The molecule has 0 bridgehead atoms. The fourth-order valence-electron chi connectivity index (χ4n) is 5.88. The monoisotopic (exact) mass is 582 g/mol. The Balaban J connectivity index is 1.37. The molecule has 2 aliphatic rings. The van der Waals surface area contributed by atoms with Crippen molar-refractivity contribution in [3.63, 3.8) is 0 Å². The highest BCUT2D eigenvalue weighted by Crippen LogP contribution is 2.38. The third-order valence-corrected chi connectivity index (χ3v) is 8.31. The number of aromatic nitrogens is 4. The van der Waals surface area contributed by atoms with Crippen LogP contribution in [0.4, 0.5) is 13.2 Å². The molecule has 1 saturated carbocycles. The zero-order chi connectivity index (χ0) is 29.8. The molecule has 2 amide bonds. The van der Waals surface area contributed by atoms with Gasteiger partial charge in [0.05, 0.1) is 41.5 Å². The van der Waals surface area contributed by atoms with Crippen LogP contribution < -0.4 is 10.0 Å². The van der Waals surface area contributed by atoms with Gasteiger partial charge in [-0.05, 0) is 43.7 Å². The van der Waals surface area contributed by atoms with Gasteiger partial charge >= 0.3 is 0 Å². The molecule has 10 nitrogen and oxygen atoms in total. The Kier molecular flexibility index (Phi) is 6.90. The molecule has 1 aromatic carbocycles. The summed E-state index contributed by atoms with van der Waals surface area (Å²) in [6.07, 6.45) is 7.01. The van der Waals surface area contributed by atoms with Gasteiger partial charge in [-0.15, -0.1) is 0 Å². The van der Waals surface area contributed by atoms with E-state index < -0.39 is 36.8 Å². The molecule has 2 fully saturated rings. The molecule has 1 aliphatic heterocycles. The minimum absolute atomic E-state index is 0.0364. The topological polar surface area (TPSA) is 131 Å². The molecular weight excluding hydrogens is 553 g/mol. The van der Waals surface area contributed by atoms with Crippen molar-refractivity contribution in [2.45, 2.75) is 51.5 Å². The fourth-order valence-corrected chi connectivity index (χ4v) is 5.88. The van der Waals surface area contributed by atoms with Crippen LogP contribution in [-0.4, -0.2) is 50.9 Å². The molecule has 42 heavy (non-hydrogen) atoms. The van der Waals surface area contributed by atoms with Gasteiger partial charge in [-0.3, -0.25) is 9.59 Å². The SMILES string of the molecule is Cc1nocc1C(=O)NC(c1nc2c(F)c(-c3c[n+]([O-])ccc3C(=O)N3CC(F)(F)C3)ccc2[nH]1)C1CCC(C)CC1. The Morgan fingerprint density at radius 1 is 1.17 bits per heavy atom. The summed E-state index contributed by atoms with van der Waals surface area (Å²) in [5.41, 5.74) is 0.867. The van der Waals surface area contributed by atoms with Gasteiger partial charge in [-0.1, -0.05) is 24.9 Å². The average molecular weight is 583 g/mol. The highest BCUT2D eigenvalue weighted by Gasteiger charge is 2.47. The van der Waals surface area contributed by atoms with E-state index in [4.69, 9.17) is 4.52 Å². The molecule has 13 heteroatoms. The number of likely N-dealkylation sites (tertiary alicyclic amines) is 1. The lowest BCUT2D eigenvalue weighted by molar-refractivity contribution is -0.604. The van der Waals surface area contributed by atoms with E-state index in [1.165, 1.54) is 18.4 Å². The number of hydrogen-bond acceptors (Lipinski definition) is 6. The van der Waals surface area contributed by atoms with Crippen LogP contribution in [0, 0.1) is 29.8 Å². The van der Waals surface area contributed by atoms with Crippen LogP contribution in [0.25, 0.3) is 22.2 Å². The maximum absolute atomic E-state index is 16.1. The summed E-state index contributed by atoms with van der Waals surface area (Å²) in [7, 11) is 0. The van der Waals surface area contributed by atoms with Gasteiger partial charge in [-0.2, -0.15) is 4.73 Å². The second-order valence-electron chi connectivity index (χ2n) is 11.4. The van der Waals surface area contributed by atoms with Crippen molar-refractivity contribution in [2.75, 3.05) is 13.1 Å². The number of alkyl halides is 2. The van der Waals surface area contributed by atoms with E-state index in [1.807, 2.05) is 0 Å². The van der Waals surface area contributed by atoms with E-state index in [0.717, 1.165) is 43.0 Å². The summed E-state index contributed by atoms with van der Waals surface area (Å²) in [5, 5.41) is 19.0. The van der Waals surface area contributed by atoms with Gasteiger partial charge in [0, 0.05) is 11.6 Å². The number of H-pyrrole nitrogens is 1. The summed E-state index contributed by atoms with van der Waals surface area (Å²) in [5.74, 6) is -3.91. The normalized spacial score (nSPS) is 20.7. The second kappa shape index (κ2) is 10.4. The first-order valence-corrected chi connectivity index (χ1v) is 13.8. The third kappa shape index (κ3) is 5.07. The van der Waals surface area contributed by atoms with Crippen LogP contribution in [0.1, 0.15) is 70.9 Å². The first-order chi connectivity index (χ1) is 20.0. The van der Waals surface area contributed by atoms with Crippen LogP contribution >= 0.6 is 0 Å². The summed E-state index contributed by atoms with van der Waals surface area (Å²) in [4.78, 5) is 34.8. The summed E-state index contributed by atoms with van der Waals surface area (Å²) in [6, 6.07) is 3.63. The zero-order valence-corrected chi connectivity index (χ0v) is 23.0. The Morgan fingerprint density at radius 2 is 1.90 bits per heavy atom. The third-order valence-electron chi connectivity index (χ3n) is 8.31. The molecule has 1 atom stereocenters. The number of pyridine rings is 1. The number of carbonyl (C=O) groups excluding carboxylic acids is 2. The Hall–Kier alpha value is -4.42. The lowest BCUT2D eigenvalue weighted by atomic mass is 9.79. The summed E-state index contributed by atoms with van der Waals surface area (Å²) in [6.45, 7) is 2.35. The smallest absolute Gasteiger partial charge is 0.282 e. The van der Waals surface area contributed by atoms with E-state index in [9.17, 15) is 23.6 Å². The number of imidazole rings is 1. The highest BCUT2D eigenvalue weighted by atomic mass is 19.3. The molecule has 6 rings (SSSR count). The number of rotatable bonds is 6. The molecule has 4 aromatic rings. The van der Waals surface area contributed by atoms with Crippen molar-refractivity contribution in [1.82, 2.24) is 25.3 Å². The average Bonchev–Trinajstić information content (AvgIpc) is 3.57. The number of benzene rings is 1. The van der Waals surface area contributed by atoms with Crippen LogP contribution in [0.5, 0.6) is 0 Å². The first-order valence-electron chi connectivity index (χ1n) is 13.8. The quantitative estimate of drug-likeness (QED) is 0.251. The number of amides is 2. The van der Waals surface area contributed by atoms with E-state index in [1.54, 1.807) is 13.0 Å². The molecular formula is C29H29F3N6O4. The van der Waals surface area contributed by atoms with Crippen molar-refractivity contribution < 1.29 is 32.0 Å². The van der Waals surface area contributed by atoms with Crippen molar-refractivity contribution in [3.8, 4) is 11.1 Å².